The summed E-state index contributed by atoms with van der Waals surface area (Å²) in [4.78, 5) is 5.21. The summed E-state index contributed by atoms with van der Waals surface area (Å²) in [7, 11) is 0. The van der Waals surface area contributed by atoms with Crippen LogP contribution in [0.3, 0.4) is 0 Å². The van der Waals surface area contributed by atoms with Crippen LogP contribution < -0.4 is 4.90 Å². The maximum atomic E-state index is 12.5. The molecule has 0 aliphatic heterocycles. The lowest BCUT2D eigenvalue weighted by Crippen LogP contribution is -2.28. The van der Waals surface area contributed by atoms with Crippen LogP contribution in [0.2, 0.25) is 0 Å². The fourth-order valence-corrected chi connectivity index (χ4v) is 1.49. The molecule has 3 nitrogen and oxygen atoms in total. The van der Waals surface area contributed by atoms with Crippen LogP contribution >= 0.6 is 0 Å². The van der Waals surface area contributed by atoms with Gasteiger partial charge in [0.05, 0.1) is 6.61 Å². The van der Waals surface area contributed by atoms with Crippen molar-refractivity contribution in [3.8, 4) is 0 Å². The monoisotopic (exact) mass is 248 g/mol. The van der Waals surface area contributed by atoms with E-state index in [1.165, 1.54) is 12.1 Å². The Morgan fingerprint density at radius 1 is 1.29 bits per heavy atom. The van der Waals surface area contributed by atoms with Gasteiger partial charge < -0.3 is 10.0 Å². The van der Waals surface area contributed by atoms with E-state index in [-0.39, 0.29) is 19.0 Å². The van der Waals surface area contributed by atoms with Gasteiger partial charge in [-0.3, -0.25) is 0 Å². The number of aromatic nitrogens is 1. The first-order valence-electron chi connectivity index (χ1n) is 5.39. The van der Waals surface area contributed by atoms with Gasteiger partial charge >= 0.3 is 6.18 Å². The van der Waals surface area contributed by atoms with Gasteiger partial charge in [-0.15, -0.1) is 0 Å². The fourth-order valence-electron chi connectivity index (χ4n) is 1.49. The summed E-state index contributed by atoms with van der Waals surface area (Å²) in [6.07, 6.45) is -3.66. The maximum Gasteiger partial charge on any atom is 0.433 e. The van der Waals surface area contributed by atoms with Crippen molar-refractivity contribution < 1.29 is 18.3 Å². The molecule has 0 saturated heterocycles. The van der Waals surface area contributed by atoms with E-state index in [4.69, 9.17) is 5.11 Å². The molecule has 1 aromatic rings. The van der Waals surface area contributed by atoms with Gasteiger partial charge in [-0.2, -0.15) is 13.2 Å². The first kappa shape index (κ1) is 13.8. The minimum atomic E-state index is -4.44. The van der Waals surface area contributed by atoms with Crippen LogP contribution in [-0.2, 0) is 6.18 Å². The zero-order chi connectivity index (χ0) is 12.9. The summed E-state index contributed by atoms with van der Waals surface area (Å²) in [5, 5.41) is 8.86. The topological polar surface area (TPSA) is 36.4 Å². The van der Waals surface area contributed by atoms with E-state index in [0.29, 0.717) is 6.54 Å². The molecular weight excluding hydrogens is 233 g/mol. The fraction of sp³-hybridized carbons (Fsp3) is 0.545. The van der Waals surface area contributed by atoms with Gasteiger partial charge in [-0.05, 0) is 18.6 Å². The number of pyridine rings is 1. The van der Waals surface area contributed by atoms with Crippen molar-refractivity contribution in [3.05, 3.63) is 23.9 Å². The number of alkyl halides is 3. The van der Waals surface area contributed by atoms with Crippen molar-refractivity contribution in [2.75, 3.05) is 24.6 Å². The van der Waals surface area contributed by atoms with Crippen LogP contribution in [0.15, 0.2) is 18.2 Å². The number of anilines is 1. The van der Waals surface area contributed by atoms with Crippen LogP contribution in [-0.4, -0.2) is 29.8 Å². The Labute approximate surface area is 97.9 Å². The molecule has 0 amide bonds. The molecule has 6 heteroatoms. The van der Waals surface area contributed by atoms with E-state index < -0.39 is 11.9 Å². The number of nitrogens with zero attached hydrogens (tertiary/aromatic N) is 2. The Morgan fingerprint density at radius 3 is 2.53 bits per heavy atom. The molecule has 0 bridgehead atoms. The zero-order valence-electron chi connectivity index (χ0n) is 9.54. The molecule has 0 atom stereocenters. The van der Waals surface area contributed by atoms with Gasteiger partial charge in [0.15, 0.2) is 0 Å². The Balaban J connectivity index is 2.95. The second-order valence-corrected chi connectivity index (χ2v) is 3.59. The van der Waals surface area contributed by atoms with E-state index in [1.807, 2.05) is 6.92 Å². The van der Waals surface area contributed by atoms with E-state index >= 15 is 0 Å². The second kappa shape index (κ2) is 5.86. The van der Waals surface area contributed by atoms with Crippen LogP contribution in [0.1, 0.15) is 19.0 Å². The van der Waals surface area contributed by atoms with Gasteiger partial charge in [0.2, 0.25) is 0 Å². The van der Waals surface area contributed by atoms with Crippen LogP contribution in [0.5, 0.6) is 0 Å². The third-order valence-corrected chi connectivity index (χ3v) is 2.21. The molecule has 0 aromatic carbocycles. The normalized spacial score (nSPS) is 11.6. The van der Waals surface area contributed by atoms with E-state index in [0.717, 1.165) is 12.5 Å². The molecule has 1 N–H and O–H groups in total. The molecule has 0 aliphatic carbocycles. The van der Waals surface area contributed by atoms with Crippen molar-refractivity contribution in [1.29, 1.82) is 0 Å². The van der Waals surface area contributed by atoms with Gasteiger partial charge in [-0.25, -0.2) is 4.98 Å². The predicted molar refractivity (Wildman–Crippen MR) is 58.8 cm³/mol. The standard InChI is InChI=1S/C11H15F3N2O/c1-2-6-16(7-8-17)10-5-3-4-9(15-10)11(12,13)14/h3-5,17H,2,6-8H2,1H3. The summed E-state index contributed by atoms with van der Waals surface area (Å²) in [5.74, 6) is 0.246. The molecule has 0 aliphatic rings. The molecule has 0 spiro atoms. The third kappa shape index (κ3) is 3.89. The van der Waals surface area contributed by atoms with Crippen molar-refractivity contribution in [3.63, 3.8) is 0 Å². The highest BCUT2D eigenvalue weighted by atomic mass is 19.4. The Morgan fingerprint density at radius 2 is 2.00 bits per heavy atom. The van der Waals surface area contributed by atoms with Crippen LogP contribution in [0, 0.1) is 0 Å². The SMILES string of the molecule is CCCN(CCO)c1cccc(C(F)(F)F)n1. The summed E-state index contributed by atoms with van der Waals surface area (Å²) >= 11 is 0. The predicted octanol–water partition coefficient (Wildman–Crippen LogP) is 2.31. The highest BCUT2D eigenvalue weighted by molar-refractivity contribution is 5.39. The van der Waals surface area contributed by atoms with Crippen LogP contribution in [0.25, 0.3) is 0 Å². The zero-order valence-corrected chi connectivity index (χ0v) is 9.54. The first-order chi connectivity index (χ1) is 7.99. The molecule has 1 heterocycles. The molecule has 0 unspecified atom stereocenters. The number of aliphatic hydroxyl groups excluding tert-OH is 1. The maximum absolute atomic E-state index is 12.5. The second-order valence-electron chi connectivity index (χ2n) is 3.59. The minimum Gasteiger partial charge on any atom is -0.395 e. The summed E-state index contributed by atoms with van der Waals surface area (Å²) < 4.78 is 37.4. The van der Waals surface area contributed by atoms with Gasteiger partial charge in [-0.1, -0.05) is 13.0 Å². The first-order valence-corrected chi connectivity index (χ1v) is 5.39. The third-order valence-electron chi connectivity index (χ3n) is 2.21. The Kier molecular flexibility index (Phi) is 4.74. The Bertz CT molecular complexity index is 349. The minimum absolute atomic E-state index is 0.113. The van der Waals surface area contributed by atoms with Crippen molar-refractivity contribution in [2.24, 2.45) is 0 Å². The van der Waals surface area contributed by atoms with Crippen molar-refractivity contribution in [1.82, 2.24) is 4.98 Å². The van der Waals surface area contributed by atoms with Crippen LogP contribution in [0.4, 0.5) is 19.0 Å². The molecule has 0 fully saturated rings. The summed E-state index contributed by atoms with van der Waals surface area (Å²) in [5.41, 5.74) is -0.908. The Hall–Kier alpha value is -1.30. The number of aliphatic hydroxyl groups is 1. The molecule has 0 saturated carbocycles. The average Bonchev–Trinajstić information content (AvgIpc) is 2.28. The van der Waals surface area contributed by atoms with E-state index in [9.17, 15) is 13.2 Å². The lowest BCUT2D eigenvalue weighted by Gasteiger charge is -2.22. The highest BCUT2D eigenvalue weighted by Crippen LogP contribution is 2.28. The van der Waals surface area contributed by atoms with E-state index in [2.05, 4.69) is 4.98 Å². The molecular formula is C11H15F3N2O. The molecule has 96 valence electrons. The molecule has 1 aromatic heterocycles. The number of hydrogen-bond donors (Lipinski definition) is 1. The molecule has 17 heavy (non-hydrogen) atoms. The number of hydrogen-bond acceptors (Lipinski definition) is 3. The largest absolute Gasteiger partial charge is 0.433 e. The van der Waals surface area contributed by atoms with Gasteiger partial charge in [0.25, 0.3) is 0 Å². The number of rotatable bonds is 5. The summed E-state index contributed by atoms with van der Waals surface area (Å²) in [6, 6.07) is 3.78. The van der Waals surface area contributed by atoms with E-state index in [1.54, 1.807) is 4.90 Å². The average molecular weight is 248 g/mol. The van der Waals surface area contributed by atoms with Crippen molar-refractivity contribution >= 4 is 5.82 Å². The smallest absolute Gasteiger partial charge is 0.395 e. The number of halogens is 3. The van der Waals surface area contributed by atoms with Gasteiger partial charge in [0.1, 0.15) is 11.5 Å². The van der Waals surface area contributed by atoms with Crippen molar-refractivity contribution in [2.45, 2.75) is 19.5 Å². The summed E-state index contributed by atoms with van der Waals surface area (Å²) in [6.45, 7) is 2.65. The highest BCUT2D eigenvalue weighted by Gasteiger charge is 2.32. The molecule has 0 radical (unpaired) electrons. The lowest BCUT2D eigenvalue weighted by atomic mass is 10.3. The molecule has 1 rings (SSSR count). The quantitative estimate of drug-likeness (QED) is 0.868. The van der Waals surface area contributed by atoms with Gasteiger partial charge in [0, 0.05) is 13.1 Å². The lowest BCUT2D eigenvalue weighted by molar-refractivity contribution is -0.141.